The lowest BCUT2D eigenvalue weighted by Crippen LogP contribution is -2.49. The highest BCUT2D eigenvalue weighted by molar-refractivity contribution is 6.79. The zero-order chi connectivity index (χ0) is 19.9. The molecule has 0 unspecified atom stereocenters. The van der Waals surface area contributed by atoms with E-state index in [1.165, 1.54) is 14.6 Å². The lowest BCUT2D eigenvalue weighted by atomic mass is 9.68. The molecule has 0 amide bonds. The van der Waals surface area contributed by atoms with Gasteiger partial charge in [0.15, 0.2) is 0 Å². The summed E-state index contributed by atoms with van der Waals surface area (Å²) < 4.78 is 17.6. The second-order valence-electron chi connectivity index (χ2n) is 5.85. The molecule has 0 fully saturated rings. The Morgan fingerprint density at radius 3 is 1.71 bits per heavy atom. The molecule has 0 saturated heterocycles. The molecule has 0 aliphatic rings. The summed E-state index contributed by atoms with van der Waals surface area (Å²) in [6.07, 6.45) is 0. The summed E-state index contributed by atoms with van der Waals surface area (Å²) in [4.78, 5) is 0. The van der Waals surface area contributed by atoms with Gasteiger partial charge in [-0.05, 0) is 34.6 Å². The van der Waals surface area contributed by atoms with Gasteiger partial charge in [-0.15, -0.1) is 0 Å². The summed E-state index contributed by atoms with van der Waals surface area (Å²) in [6, 6.07) is 21.9. The molecule has 0 aromatic heterocycles. The molecular weight excluding hydrogens is 415 g/mol. The van der Waals surface area contributed by atoms with Crippen LogP contribution in [-0.4, -0.2) is 28.8 Å². The van der Waals surface area contributed by atoms with E-state index in [4.69, 9.17) is 48.6 Å². The van der Waals surface area contributed by atoms with E-state index in [1.807, 2.05) is 54.6 Å². The lowest BCUT2D eigenvalue weighted by molar-refractivity contribution is 0.331. The van der Waals surface area contributed by atoms with Crippen molar-refractivity contribution in [2.24, 2.45) is 0 Å². The number of benzene rings is 3. The minimum atomic E-state index is -0.841. The molecule has 0 aliphatic carbocycles. The Balaban J connectivity index is 1.86. The van der Waals surface area contributed by atoms with Gasteiger partial charge in [-0.3, -0.25) is 0 Å². The highest BCUT2D eigenvalue weighted by Gasteiger charge is 2.33. The van der Waals surface area contributed by atoms with Crippen molar-refractivity contribution >= 4 is 72.9 Å². The molecule has 0 aliphatic heterocycles. The summed E-state index contributed by atoms with van der Waals surface area (Å²) >= 11 is 18.9. The molecule has 0 heterocycles. The Morgan fingerprint density at radius 1 is 0.679 bits per heavy atom. The van der Waals surface area contributed by atoms with Crippen LogP contribution in [0.1, 0.15) is 0 Å². The molecule has 9 heteroatoms. The lowest BCUT2D eigenvalue weighted by Gasteiger charge is -2.21. The highest BCUT2D eigenvalue weighted by atomic mass is 35.5. The minimum Gasteiger partial charge on any atom is -0.471 e. The van der Waals surface area contributed by atoms with Crippen LogP contribution in [0.25, 0.3) is 0 Å². The summed E-state index contributed by atoms with van der Waals surface area (Å²) in [5.41, 5.74) is 2.06. The molecule has 139 valence electrons. The fourth-order valence-corrected chi connectivity index (χ4v) is 3.21. The Kier molecular flexibility index (Phi) is 7.92. The summed E-state index contributed by atoms with van der Waals surface area (Å²) in [6.45, 7) is 0. The van der Waals surface area contributed by atoms with E-state index >= 15 is 0 Å². The van der Waals surface area contributed by atoms with Crippen molar-refractivity contribution in [3.8, 4) is 0 Å². The largest absolute Gasteiger partial charge is 0.481 e. The Morgan fingerprint density at radius 2 is 1.18 bits per heavy atom. The molecule has 0 spiro atoms. The van der Waals surface area contributed by atoms with E-state index in [-0.39, 0.29) is 0 Å². The van der Waals surface area contributed by atoms with Gasteiger partial charge in [-0.1, -0.05) is 89.4 Å². The van der Waals surface area contributed by atoms with Gasteiger partial charge in [0.25, 0.3) is 0 Å². The van der Waals surface area contributed by atoms with Crippen LogP contribution in [0.3, 0.4) is 0 Å². The summed E-state index contributed by atoms with van der Waals surface area (Å²) in [5.74, 6) is 0. The molecule has 1 radical (unpaired) electrons. The van der Waals surface area contributed by atoms with Crippen molar-refractivity contribution in [2.45, 2.75) is 0 Å². The van der Waals surface area contributed by atoms with E-state index in [0.717, 1.165) is 5.46 Å². The van der Waals surface area contributed by atoms with Crippen LogP contribution >= 0.6 is 34.8 Å². The normalized spacial score (nSPS) is 10.6. The SMILES string of the molecule is COB(OB(O[B]c1ccccc1Cl)c1ccccc1Cl)c1ccccc1Cl. The fraction of sp³-hybridized carbons (Fsp3) is 0.0526. The monoisotopic (exact) mass is 429 g/mol. The maximum absolute atomic E-state index is 6.37. The van der Waals surface area contributed by atoms with Crippen molar-refractivity contribution in [2.75, 3.05) is 7.11 Å². The molecule has 0 N–H and O–H groups in total. The van der Waals surface area contributed by atoms with Crippen molar-refractivity contribution in [3.63, 3.8) is 0 Å². The first-order chi connectivity index (χ1) is 13.6. The molecule has 3 aromatic rings. The average molecular weight is 430 g/mol. The topological polar surface area (TPSA) is 27.7 Å². The van der Waals surface area contributed by atoms with Gasteiger partial charge in [-0.2, -0.15) is 0 Å². The van der Waals surface area contributed by atoms with Crippen LogP contribution in [0.5, 0.6) is 0 Å². The van der Waals surface area contributed by atoms with Gasteiger partial charge < -0.3 is 13.8 Å². The zero-order valence-corrected chi connectivity index (χ0v) is 17.3. The van der Waals surface area contributed by atoms with E-state index in [1.54, 1.807) is 18.2 Å². The molecule has 3 rings (SSSR count). The Labute approximate surface area is 181 Å². The van der Waals surface area contributed by atoms with Gasteiger partial charge in [0.2, 0.25) is 0 Å². The van der Waals surface area contributed by atoms with Gasteiger partial charge in [-0.25, -0.2) is 0 Å². The molecular formula is C19H15B3Cl3O3. The third-order valence-electron chi connectivity index (χ3n) is 4.00. The predicted molar refractivity (Wildman–Crippen MR) is 120 cm³/mol. The molecule has 0 bridgehead atoms. The van der Waals surface area contributed by atoms with Crippen LogP contribution in [-0.2, 0) is 13.8 Å². The Hall–Kier alpha value is -1.40. The molecule has 3 aromatic carbocycles. The standard InChI is InChI=1S/C19H15B3Cl3O3/c1-26-21(15-9-3-6-12-18(15)24)28-22(16-10-4-7-13-19(16)25)27-20-14-8-2-5-11-17(14)23/h2-13H,1H3. The zero-order valence-electron chi connectivity index (χ0n) is 15.0. The van der Waals surface area contributed by atoms with Crippen LogP contribution in [0.15, 0.2) is 72.8 Å². The number of halogens is 3. The van der Waals surface area contributed by atoms with Gasteiger partial charge in [0.05, 0.1) is 0 Å². The number of rotatable bonds is 8. The van der Waals surface area contributed by atoms with Crippen molar-refractivity contribution in [1.29, 1.82) is 0 Å². The molecule has 0 saturated carbocycles. The maximum Gasteiger partial charge on any atom is 0.481 e. The first-order valence-electron chi connectivity index (χ1n) is 8.50. The molecule has 3 nitrogen and oxygen atoms in total. The summed E-state index contributed by atoms with van der Waals surface area (Å²) in [5, 5.41) is 1.60. The second-order valence-corrected chi connectivity index (χ2v) is 7.08. The van der Waals surface area contributed by atoms with E-state index in [0.29, 0.717) is 26.0 Å². The molecule has 0 atom stereocenters. The highest BCUT2D eigenvalue weighted by Crippen LogP contribution is 2.11. The van der Waals surface area contributed by atoms with Gasteiger partial charge in [0, 0.05) is 22.2 Å². The second kappa shape index (κ2) is 10.4. The quantitative estimate of drug-likeness (QED) is 0.514. The number of hydrogen-bond donors (Lipinski definition) is 0. The third kappa shape index (κ3) is 5.35. The fourth-order valence-electron chi connectivity index (χ4n) is 2.59. The van der Waals surface area contributed by atoms with Crippen molar-refractivity contribution in [3.05, 3.63) is 87.9 Å². The molecule has 28 heavy (non-hydrogen) atoms. The smallest absolute Gasteiger partial charge is 0.471 e. The third-order valence-corrected chi connectivity index (χ3v) is 5.04. The van der Waals surface area contributed by atoms with Gasteiger partial charge in [0.1, 0.15) is 0 Å². The van der Waals surface area contributed by atoms with Crippen LogP contribution < -0.4 is 16.4 Å². The van der Waals surface area contributed by atoms with E-state index in [9.17, 15) is 0 Å². The maximum atomic E-state index is 6.37. The first-order valence-corrected chi connectivity index (χ1v) is 9.64. The van der Waals surface area contributed by atoms with Crippen molar-refractivity contribution < 1.29 is 13.8 Å². The average Bonchev–Trinajstić information content (AvgIpc) is 2.71. The van der Waals surface area contributed by atoms with Crippen LogP contribution in [0, 0.1) is 0 Å². The Bertz CT molecular complexity index is 929. The minimum absolute atomic E-state index is 0.508. The van der Waals surface area contributed by atoms with Gasteiger partial charge >= 0.3 is 21.7 Å². The number of hydrogen-bond acceptors (Lipinski definition) is 3. The van der Waals surface area contributed by atoms with E-state index < -0.39 is 14.2 Å². The van der Waals surface area contributed by atoms with Crippen LogP contribution in [0.4, 0.5) is 0 Å². The first kappa shape index (κ1) is 21.3. The van der Waals surface area contributed by atoms with Crippen molar-refractivity contribution in [1.82, 2.24) is 0 Å². The predicted octanol–water partition coefficient (Wildman–Crippen LogP) is 3.36. The van der Waals surface area contributed by atoms with E-state index in [2.05, 4.69) is 0 Å². The summed E-state index contributed by atoms with van der Waals surface area (Å²) in [7, 11) is 1.48. The van der Waals surface area contributed by atoms with Crippen LogP contribution in [0.2, 0.25) is 15.1 Å².